The van der Waals surface area contributed by atoms with Crippen molar-refractivity contribution >= 4 is 11.0 Å². The molecule has 0 saturated carbocycles. The molecule has 0 amide bonds. The van der Waals surface area contributed by atoms with Crippen molar-refractivity contribution < 1.29 is 0 Å². The number of imidazole rings is 1. The van der Waals surface area contributed by atoms with E-state index in [4.69, 9.17) is 5.26 Å². The Labute approximate surface area is 95.3 Å². The molecule has 1 aromatic heterocycles. The summed E-state index contributed by atoms with van der Waals surface area (Å²) in [5.74, 6) is 0.863. The third kappa shape index (κ3) is 1.57. The van der Waals surface area contributed by atoms with Gasteiger partial charge in [0.2, 0.25) is 0 Å². The second-order valence-electron chi connectivity index (χ2n) is 4.27. The third-order valence-corrected chi connectivity index (χ3v) is 2.74. The summed E-state index contributed by atoms with van der Waals surface area (Å²) in [6.07, 6.45) is 0.367. The highest BCUT2D eigenvalue weighted by Gasteiger charge is 2.13. The van der Waals surface area contributed by atoms with Crippen LogP contribution in [0.1, 0.15) is 31.3 Å². The topological polar surface area (TPSA) is 41.6 Å². The van der Waals surface area contributed by atoms with Crippen molar-refractivity contribution in [2.75, 3.05) is 0 Å². The van der Waals surface area contributed by atoms with Crippen LogP contribution in [-0.2, 0) is 6.42 Å². The SMILES string of the molecule is Cc1cccc2nc(CC#N)n(C(C)C)c12. The van der Waals surface area contributed by atoms with Gasteiger partial charge in [-0.25, -0.2) is 4.98 Å². The van der Waals surface area contributed by atoms with E-state index in [-0.39, 0.29) is 0 Å². The Morgan fingerprint density at radius 3 is 2.81 bits per heavy atom. The van der Waals surface area contributed by atoms with Crippen LogP contribution < -0.4 is 0 Å². The van der Waals surface area contributed by atoms with Crippen LogP contribution in [0.5, 0.6) is 0 Å². The van der Waals surface area contributed by atoms with Gasteiger partial charge in [0.15, 0.2) is 0 Å². The number of nitrogens with zero attached hydrogens (tertiary/aromatic N) is 3. The quantitative estimate of drug-likeness (QED) is 0.769. The molecule has 0 N–H and O–H groups in total. The number of benzene rings is 1. The van der Waals surface area contributed by atoms with Gasteiger partial charge in [-0.2, -0.15) is 5.26 Å². The molecule has 0 bridgehead atoms. The van der Waals surface area contributed by atoms with Crippen molar-refractivity contribution in [2.24, 2.45) is 0 Å². The third-order valence-electron chi connectivity index (χ3n) is 2.74. The zero-order valence-electron chi connectivity index (χ0n) is 9.86. The summed E-state index contributed by atoms with van der Waals surface area (Å²) in [4.78, 5) is 4.52. The van der Waals surface area contributed by atoms with Crippen LogP contribution in [0.2, 0.25) is 0 Å². The van der Waals surface area contributed by atoms with Crippen molar-refractivity contribution in [3.05, 3.63) is 29.6 Å². The average molecular weight is 213 g/mol. The van der Waals surface area contributed by atoms with E-state index in [2.05, 4.69) is 42.5 Å². The number of aryl methyl sites for hydroxylation is 1. The molecule has 2 aromatic rings. The molecule has 82 valence electrons. The summed E-state index contributed by atoms with van der Waals surface area (Å²) in [5, 5.41) is 8.82. The highest BCUT2D eigenvalue weighted by Crippen LogP contribution is 2.24. The Hall–Kier alpha value is -1.82. The van der Waals surface area contributed by atoms with Gasteiger partial charge >= 0.3 is 0 Å². The molecule has 0 saturated heterocycles. The monoisotopic (exact) mass is 213 g/mol. The Bertz CT molecular complexity index is 558. The number of para-hydroxylation sites is 1. The van der Waals surface area contributed by atoms with Gasteiger partial charge in [0, 0.05) is 6.04 Å². The standard InChI is InChI=1S/C13H15N3/c1-9(2)16-12(7-8-14)15-11-6-4-5-10(3)13(11)16/h4-6,9H,7H2,1-3H3. The molecule has 16 heavy (non-hydrogen) atoms. The van der Waals surface area contributed by atoms with Crippen molar-refractivity contribution in [1.29, 1.82) is 5.26 Å². The molecular weight excluding hydrogens is 198 g/mol. The first-order valence-corrected chi connectivity index (χ1v) is 5.48. The lowest BCUT2D eigenvalue weighted by Gasteiger charge is -2.12. The summed E-state index contributed by atoms with van der Waals surface area (Å²) >= 11 is 0. The van der Waals surface area contributed by atoms with Gasteiger partial charge in [-0.3, -0.25) is 0 Å². The Kier molecular flexibility index (Phi) is 2.66. The molecule has 0 atom stereocenters. The molecule has 0 aliphatic carbocycles. The molecule has 3 nitrogen and oxygen atoms in total. The minimum absolute atomic E-state index is 0.328. The zero-order valence-corrected chi connectivity index (χ0v) is 9.86. The van der Waals surface area contributed by atoms with Crippen LogP contribution in [0.3, 0.4) is 0 Å². The highest BCUT2D eigenvalue weighted by molar-refractivity contribution is 5.79. The van der Waals surface area contributed by atoms with E-state index in [1.54, 1.807) is 0 Å². The molecule has 0 aliphatic heterocycles. The number of rotatable bonds is 2. The van der Waals surface area contributed by atoms with Crippen molar-refractivity contribution in [3.8, 4) is 6.07 Å². The average Bonchev–Trinajstić information content (AvgIpc) is 2.58. The predicted molar refractivity (Wildman–Crippen MR) is 64.2 cm³/mol. The first-order chi connectivity index (χ1) is 7.65. The van der Waals surface area contributed by atoms with Crippen LogP contribution >= 0.6 is 0 Å². The second kappa shape index (κ2) is 3.97. The molecule has 0 fully saturated rings. The van der Waals surface area contributed by atoms with Gasteiger partial charge in [-0.05, 0) is 32.4 Å². The maximum absolute atomic E-state index is 8.82. The molecule has 0 aliphatic rings. The molecule has 1 aromatic carbocycles. The van der Waals surface area contributed by atoms with E-state index in [0.717, 1.165) is 16.9 Å². The van der Waals surface area contributed by atoms with Gasteiger partial charge in [0.05, 0.1) is 23.5 Å². The summed E-state index contributed by atoms with van der Waals surface area (Å²) < 4.78 is 2.16. The highest BCUT2D eigenvalue weighted by atomic mass is 15.1. The van der Waals surface area contributed by atoms with Crippen LogP contribution in [0.4, 0.5) is 0 Å². The minimum Gasteiger partial charge on any atom is -0.324 e. The van der Waals surface area contributed by atoms with Gasteiger partial charge in [0.25, 0.3) is 0 Å². The summed E-state index contributed by atoms with van der Waals surface area (Å²) in [7, 11) is 0. The van der Waals surface area contributed by atoms with Crippen molar-refractivity contribution in [3.63, 3.8) is 0 Å². The first kappa shape index (κ1) is 10.7. The zero-order chi connectivity index (χ0) is 11.7. The van der Waals surface area contributed by atoms with E-state index in [0.29, 0.717) is 12.5 Å². The van der Waals surface area contributed by atoms with E-state index in [1.165, 1.54) is 5.56 Å². The van der Waals surface area contributed by atoms with Crippen LogP contribution in [0.25, 0.3) is 11.0 Å². The first-order valence-electron chi connectivity index (χ1n) is 5.48. The van der Waals surface area contributed by atoms with Crippen LogP contribution in [-0.4, -0.2) is 9.55 Å². The second-order valence-corrected chi connectivity index (χ2v) is 4.27. The van der Waals surface area contributed by atoms with Gasteiger partial charge in [-0.15, -0.1) is 0 Å². The fraction of sp³-hybridized carbons (Fsp3) is 0.385. The summed E-state index contributed by atoms with van der Waals surface area (Å²) in [6, 6.07) is 8.59. The molecular formula is C13H15N3. The number of fused-ring (bicyclic) bond motifs is 1. The number of hydrogen-bond acceptors (Lipinski definition) is 2. The van der Waals surface area contributed by atoms with E-state index < -0.39 is 0 Å². The van der Waals surface area contributed by atoms with Crippen LogP contribution in [0, 0.1) is 18.3 Å². The normalized spacial score (nSPS) is 10.9. The molecule has 0 unspecified atom stereocenters. The maximum Gasteiger partial charge on any atom is 0.124 e. The maximum atomic E-state index is 8.82. The summed E-state index contributed by atoms with van der Waals surface area (Å²) in [6.45, 7) is 6.32. The Morgan fingerprint density at radius 2 is 2.19 bits per heavy atom. The fourth-order valence-electron chi connectivity index (χ4n) is 2.12. The van der Waals surface area contributed by atoms with Gasteiger partial charge in [-0.1, -0.05) is 12.1 Å². The number of nitriles is 1. The van der Waals surface area contributed by atoms with Crippen LogP contribution in [0.15, 0.2) is 18.2 Å². The molecule has 0 spiro atoms. The van der Waals surface area contributed by atoms with Gasteiger partial charge in [0.1, 0.15) is 5.82 Å². The smallest absolute Gasteiger partial charge is 0.124 e. The molecule has 2 rings (SSSR count). The minimum atomic E-state index is 0.328. The van der Waals surface area contributed by atoms with E-state index >= 15 is 0 Å². The number of hydrogen-bond donors (Lipinski definition) is 0. The van der Waals surface area contributed by atoms with Crippen molar-refractivity contribution in [2.45, 2.75) is 33.2 Å². The largest absolute Gasteiger partial charge is 0.324 e. The lowest BCUT2D eigenvalue weighted by molar-refractivity contribution is 0.593. The lowest BCUT2D eigenvalue weighted by Crippen LogP contribution is -2.06. The van der Waals surface area contributed by atoms with E-state index in [9.17, 15) is 0 Å². The predicted octanol–water partition coefficient (Wildman–Crippen LogP) is 2.99. The lowest BCUT2D eigenvalue weighted by atomic mass is 10.2. The van der Waals surface area contributed by atoms with Gasteiger partial charge < -0.3 is 4.57 Å². The molecule has 0 radical (unpaired) electrons. The Balaban J connectivity index is 2.78. The fourth-order valence-corrected chi connectivity index (χ4v) is 2.12. The molecule has 1 heterocycles. The summed E-state index contributed by atoms with van der Waals surface area (Å²) in [5.41, 5.74) is 3.35. The number of aromatic nitrogens is 2. The molecule has 3 heteroatoms. The van der Waals surface area contributed by atoms with Crippen molar-refractivity contribution in [1.82, 2.24) is 9.55 Å². The Morgan fingerprint density at radius 1 is 1.44 bits per heavy atom. The van der Waals surface area contributed by atoms with E-state index in [1.807, 2.05) is 12.1 Å².